The van der Waals surface area contributed by atoms with Gasteiger partial charge in [0, 0.05) is 52.4 Å². The molecule has 3 N–H and O–H groups in total. The number of ether oxygens (including phenoxy) is 1. The molecule has 0 saturated carbocycles. The third-order valence-corrected chi connectivity index (χ3v) is 5.17. The van der Waals surface area contributed by atoms with E-state index >= 15 is 0 Å². The van der Waals surface area contributed by atoms with Crippen molar-refractivity contribution < 1.29 is 9.84 Å². The van der Waals surface area contributed by atoms with Crippen LogP contribution in [-0.2, 0) is 0 Å². The minimum atomic E-state index is -0.607. The van der Waals surface area contributed by atoms with Crippen molar-refractivity contribution in [3.05, 3.63) is 29.8 Å². The number of hydrogen-bond donors (Lipinski definition) is 3. The van der Waals surface area contributed by atoms with E-state index in [9.17, 15) is 5.11 Å². The van der Waals surface area contributed by atoms with Crippen molar-refractivity contribution in [2.45, 2.75) is 39.9 Å². The van der Waals surface area contributed by atoms with Gasteiger partial charge in [-0.15, -0.1) is 0 Å². The van der Waals surface area contributed by atoms with Crippen LogP contribution in [0.2, 0.25) is 0 Å². The second kappa shape index (κ2) is 12.8. The largest absolute Gasteiger partial charge is 0.491 e. The van der Waals surface area contributed by atoms with Crippen LogP contribution in [0.15, 0.2) is 29.3 Å². The number of benzene rings is 1. The van der Waals surface area contributed by atoms with Gasteiger partial charge in [-0.2, -0.15) is 0 Å². The maximum Gasteiger partial charge on any atom is 0.191 e. The summed E-state index contributed by atoms with van der Waals surface area (Å²) in [5.74, 6) is 2.06. The maximum atomic E-state index is 10.5. The fourth-order valence-corrected chi connectivity index (χ4v) is 3.47. The molecule has 0 amide bonds. The Bertz CT molecular complexity index is 627. The quantitative estimate of drug-likeness (QED) is 0.398. The lowest BCUT2D eigenvalue weighted by atomic mass is 10.1. The van der Waals surface area contributed by atoms with Gasteiger partial charge in [0.15, 0.2) is 5.96 Å². The summed E-state index contributed by atoms with van der Waals surface area (Å²) < 4.78 is 5.66. The molecular weight excluding hydrogens is 378 g/mol. The Balaban J connectivity index is 1.80. The van der Waals surface area contributed by atoms with E-state index in [0.717, 1.165) is 63.1 Å². The molecular formula is C23H41N5O2. The number of likely N-dealkylation sites (N-methyl/N-ethyl adjacent to an activating group) is 1. The molecule has 1 saturated heterocycles. The monoisotopic (exact) mass is 419 g/mol. The molecule has 7 nitrogen and oxygen atoms in total. The Hall–Kier alpha value is -1.83. The highest BCUT2D eigenvalue weighted by atomic mass is 16.5. The summed E-state index contributed by atoms with van der Waals surface area (Å²) in [6.07, 6.45) is -0.468. The molecule has 1 heterocycles. The number of hydrogen-bond acceptors (Lipinski definition) is 5. The van der Waals surface area contributed by atoms with Gasteiger partial charge in [0.25, 0.3) is 0 Å². The van der Waals surface area contributed by atoms with E-state index in [2.05, 4.69) is 41.3 Å². The van der Waals surface area contributed by atoms with Gasteiger partial charge in [0.1, 0.15) is 5.75 Å². The molecule has 0 bridgehead atoms. The molecule has 0 radical (unpaired) electrons. The topological polar surface area (TPSA) is 72.4 Å². The zero-order chi connectivity index (χ0) is 21.9. The van der Waals surface area contributed by atoms with E-state index in [4.69, 9.17) is 9.73 Å². The number of aliphatic hydroxyl groups is 1. The predicted octanol–water partition coefficient (Wildman–Crippen LogP) is 1.95. The molecule has 0 spiro atoms. The first-order chi connectivity index (χ1) is 14.4. The van der Waals surface area contributed by atoms with E-state index in [1.54, 1.807) is 0 Å². The SMILES string of the molecule is CCNC(=NCC(C)CN1CCN(C)CC1)NCC(O)c1ccc(OC(C)C)cc1. The van der Waals surface area contributed by atoms with E-state index < -0.39 is 6.10 Å². The highest BCUT2D eigenvalue weighted by molar-refractivity contribution is 5.79. The minimum absolute atomic E-state index is 0.139. The fraction of sp³-hybridized carbons (Fsp3) is 0.696. The van der Waals surface area contributed by atoms with E-state index in [1.165, 1.54) is 0 Å². The Labute approximate surface area is 182 Å². The molecule has 7 heteroatoms. The normalized spacial score (nSPS) is 18.3. The van der Waals surface area contributed by atoms with Crippen molar-refractivity contribution in [2.24, 2.45) is 10.9 Å². The zero-order valence-electron chi connectivity index (χ0n) is 19.4. The average molecular weight is 420 g/mol. The summed E-state index contributed by atoms with van der Waals surface area (Å²) >= 11 is 0. The first kappa shape index (κ1) is 24.4. The van der Waals surface area contributed by atoms with Crippen molar-refractivity contribution in [3.8, 4) is 5.75 Å². The molecule has 2 unspecified atom stereocenters. The van der Waals surface area contributed by atoms with Gasteiger partial charge in [-0.1, -0.05) is 19.1 Å². The lowest BCUT2D eigenvalue weighted by Gasteiger charge is -2.33. The number of nitrogens with one attached hydrogen (secondary N) is 2. The Morgan fingerprint density at radius 3 is 2.37 bits per heavy atom. The molecule has 30 heavy (non-hydrogen) atoms. The van der Waals surface area contributed by atoms with Crippen LogP contribution >= 0.6 is 0 Å². The maximum absolute atomic E-state index is 10.5. The highest BCUT2D eigenvalue weighted by Crippen LogP contribution is 2.18. The summed E-state index contributed by atoms with van der Waals surface area (Å²) in [6, 6.07) is 7.62. The number of rotatable bonds is 10. The van der Waals surface area contributed by atoms with Crippen LogP contribution < -0.4 is 15.4 Å². The van der Waals surface area contributed by atoms with Crippen molar-refractivity contribution in [3.63, 3.8) is 0 Å². The van der Waals surface area contributed by atoms with Gasteiger partial charge < -0.3 is 30.3 Å². The van der Waals surface area contributed by atoms with Crippen molar-refractivity contribution in [1.82, 2.24) is 20.4 Å². The molecule has 1 aromatic carbocycles. The van der Waals surface area contributed by atoms with Crippen molar-refractivity contribution >= 4 is 5.96 Å². The zero-order valence-corrected chi connectivity index (χ0v) is 19.4. The van der Waals surface area contributed by atoms with Gasteiger partial charge in [-0.25, -0.2) is 0 Å². The molecule has 170 valence electrons. The summed E-state index contributed by atoms with van der Waals surface area (Å²) in [6.45, 7) is 15.9. The van der Waals surface area contributed by atoms with Crippen LogP contribution in [0.5, 0.6) is 5.75 Å². The van der Waals surface area contributed by atoms with Gasteiger partial charge in [0.05, 0.1) is 12.2 Å². The van der Waals surface area contributed by atoms with Crippen molar-refractivity contribution in [2.75, 3.05) is 59.4 Å². The molecule has 1 aliphatic rings. The van der Waals surface area contributed by atoms with E-state index in [0.29, 0.717) is 12.5 Å². The van der Waals surface area contributed by atoms with Crippen LogP contribution in [0, 0.1) is 5.92 Å². The van der Waals surface area contributed by atoms with Gasteiger partial charge in [-0.05, 0) is 51.4 Å². The Kier molecular flexibility index (Phi) is 10.4. The van der Waals surface area contributed by atoms with Crippen LogP contribution in [0.3, 0.4) is 0 Å². The van der Waals surface area contributed by atoms with Gasteiger partial charge in [0.2, 0.25) is 0 Å². The third kappa shape index (κ3) is 8.90. The lowest BCUT2D eigenvalue weighted by Crippen LogP contribution is -2.46. The number of guanidine groups is 1. The second-order valence-electron chi connectivity index (χ2n) is 8.56. The Morgan fingerprint density at radius 1 is 1.10 bits per heavy atom. The van der Waals surface area contributed by atoms with Crippen LogP contribution in [0.4, 0.5) is 0 Å². The summed E-state index contributed by atoms with van der Waals surface area (Å²) in [5, 5.41) is 17.1. The number of piperazine rings is 1. The smallest absolute Gasteiger partial charge is 0.191 e. The highest BCUT2D eigenvalue weighted by Gasteiger charge is 2.16. The predicted molar refractivity (Wildman–Crippen MR) is 124 cm³/mol. The Morgan fingerprint density at radius 2 is 1.77 bits per heavy atom. The average Bonchev–Trinajstić information content (AvgIpc) is 2.71. The molecule has 1 fully saturated rings. The molecule has 1 aliphatic heterocycles. The summed E-state index contributed by atoms with van der Waals surface area (Å²) in [7, 11) is 2.18. The van der Waals surface area contributed by atoms with Gasteiger partial charge >= 0.3 is 0 Å². The third-order valence-electron chi connectivity index (χ3n) is 5.17. The molecule has 2 atom stereocenters. The van der Waals surface area contributed by atoms with Crippen LogP contribution in [0.25, 0.3) is 0 Å². The first-order valence-electron chi connectivity index (χ1n) is 11.2. The summed E-state index contributed by atoms with van der Waals surface area (Å²) in [4.78, 5) is 9.63. The minimum Gasteiger partial charge on any atom is -0.491 e. The number of aliphatic imine (C=N–C) groups is 1. The first-order valence-corrected chi connectivity index (χ1v) is 11.2. The number of nitrogens with zero attached hydrogens (tertiary/aromatic N) is 3. The molecule has 0 aliphatic carbocycles. The molecule has 1 aromatic rings. The standard InChI is InChI=1S/C23H41N5O2/c1-6-24-23(25-15-19(4)17-28-13-11-27(5)12-14-28)26-16-22(29)20-7-9-21(10-8-20)30-18(2)3/h7-10,18-19,22,29H,6,11-17H2,1-5H3,(H2,24,25,26). The van der Waals surface area contributed by atoms with Crippen molar-refractivity contribution in [1.29, 1.82) is 0 Å². The van der Waals surface area contributed by atoms with Crippen LogP contribution in [-0.4, -0.2) is 86.4 Å². The summed E-state index contributed by atoms with van der Waals surface area (Å²) in [5.41, 5.74) is 0.859. The van der Waals surface area contributed by atoms with Crippen LogP contribution in [0.1, 0.15) is 39.4 Å². The molecule has 0 aromatic heterocycles. The van der Waals surface area contributed by atoms with Gasteiger partial charge in [-0.3, -0.25) is 4.99 Å². The molecule has 2 rings (SSSR count). The van der Waals surface area contributed by atoms with E-state index in [-0.39, 0.29) is 6.10 Å². The lowest BCUT2D eigenvalue weighted by molar-refractivity contribution is 0.140. The number of aliphatic hydroxyl groups excluding tert-OH is 1. The fourth-order valence-electron chi connectivity index (χ4n) is 3.47. The van der Waals surface area contributed by atoms with E-state index in [1.807, 2.05) is 38.1 Å². The second-order valence-corrected chi connectivity index (χ2v) is 8.56.